The van der Waals surface area contributed by atoms with Crippen molar-refractivity contribution in [2.24, 2.45) is 0 Å². The van der Waals surface area contributed by atoms with E-state index in [0.717, 1.165) is 33.3 Å². The van der Waals surface area contributed by atoms with Gasteiger partial charge in [0, 0.05) is 6.54 Å². The lowest BCUT2D eigenvalue weighted by atomic mass is 10.1. The smallest absolute Gasteiger partial charge is 0.296 e. The van der Waals surface area contributed by atoms with E-state index >= 15 is 0 Å². The maximum Gasteiger partial charge on any atom is 0.296 e. The molecule has 2 aromatic heterocycles. The lowest BCUT2D eigenvalue weighted by Gasteiger charge is -2.12. The van der Waals surface area contributed by atoms with E-state index in [9.17, 15) is 9.59 Å². The Balaban J connectivity index is 1.58. The molecule has 0 aliphatic carbocycles. The van der Waals surface area contributed by atoms with Crippen molar-refractivity contribution in [3.63, 3.8) is 0 Å². The number of rotatable bonds is 5. The van der Waals surface area contributed by atoms with Gasteiger partial charge in [-0.1, -0.05) is 66.2 Å². The third-order valence-electron chi connectivity index (χ3n) is 5.65. The molecule has 1 N–H and O–H groups in total. The van der Waals surface area contributed by atoms with Crippen LogP contribution in [0.3, 0.4) is 0 Å². The van der Waals surface area contributed by atoms with Crippen molar-refractivity contribution in [1.82, 2.24) is 24.5 Å². The van der Waals surface area contributed by atoms with Crippen molar-refractivity contribution >= 4 is 22.6 Å². The number of nitrogens with zero attached hydrogens (tertiary/aromatic N) is 4. The summed E-state index contributed by atoms with van der Waals surface area (Å²) in [5, 5.41) is 7.21. The molecular formula is C26H23N5O2. The van der Waals surface area contributed by atoms with Crippen LogP contribution in [0.15, 0.2) is 77.6 Å². The Morgan fingerprint density at radius 2 is 1.61 bits per heavy atom. The Bertz CT molecular complexity index is 1530. The van der Waals surface area contributed by atoms with Crippen LogP contribution in [0.2, 0.25) is 0 Å². The standard InChI is InChI=1S/C26H23N5O2/c1-17-8-11-20(12-9-17)16-30-22-14-18(2)10-13-21(22)31-24(26(30)33)28-23(29-31)25(32)27-15-19-6-4-3-5-7-19/h3-14H,15-16H2,1-2H3,(H,27,32). The van der Waals surface area contributed by atoms with Crippen LogP contribution in [0.4, 0.5) is 0 Å². The minimum Gasteiger partial charge on any atom is -0.345 e. The summed E-state index contributed by atoms with van der Waals surface area (Å²) in [6.45, 7) is 4.76. The number of hydrogen-bond acceptors (Lipinski definition) is 4. The zero-order chi connectivity index (χ0) is 22.9. The number of aromatic nitrogens is 4. The number of hydrogen-bond donors (Lipinski definition) is 1. The van der Waals surface area contributed by atoms with Crippen molar-refractivity contribution in [3.05, 3.63) is 111 Å². The topological polar surface area (TPSA) is 81.3 Å². The molecule has 164 valence electrons. The van der Waals surface area contributed by atoms with Crippen molar-refractivity contribution in [1.29, 1.82) is 0 Å². The molecule has 0 aliphatic heterocycles. The van der Waals surface area contributed by atoms with Crippen molar-refractivity contribution < 1.29 is 4.79 Å². The average Bonchev–Trinajstić information content (AvgIpc) is 3.28. The lowest BCUT2D eigenvalue weighted by Crippen LogP contribution is -2.24. The van der Waals surface area contributed by atoms with Crippen LogP contribution in [0.1, 0.15) is 32.9 Å². The van der Waals surface area contributed by atoms with Crippen LogP contribution < -0.4 is 10.9 Å². The van der Waals surface area contributed by atoms with E-state index in [-0.39, 0.29) is 17.0 Å². The van der Waals surface area contributed by atoms with Gasteiger partial charge in [0.15, 0.2) is 0 Å². The van der Waals surface area contributed by atoms with E-state index in [2.05, 4.69) is 15.4 Å². The van der Waals surface area contributed by atoms with Gasteiger partial charge >= 0.3 is 0 Å². The SMILES string of the molecule is Cc1ccc(Cn2c(=O)c3nc(C(=O)NCc4ccccc4)nn3c3ccc(C)cc32)cc1. The summed E-state index contributed by atoms with van der Waals surface area (Å²) >= 11 is 0. The van der Waals surface area contributed by atoms with Gasteiger partial charge in [0.2, 0.25) is 11.5 Å². The molecule has 0 bridgehead atoms. The van der Waals surface area contributed by atoms with Gasteiger partial charge in [0.25, 0.3) is 11.5 Å². The summed E-state index contributed by atoms with van der Waals surface area (Å²) in [7, 11) is 0. The largest absolute Gasteiger partial charge is 0.345 e. The summed E-state index contributed by atoms with van der Waals surface area (Å²) in [4.78, 5) is 30.5. The van der Waals surface area contributed by atoms with E-state index in [4.69, 9.17) is 0 Å². The molecule has 0 saturated heterocycles. The highest BCUT2D eigenvalue weighted by Gasteiger charge is 2.19. The van der Waals surface area contributed by atoms with E-state index in [1.54, 1.807) is 4.57 Å². The van der Waals surface area contributed by atoms with Gasteiger partial charge < -0.3 is 5.32 Å². The van der Waals surface area contributed by atoms with Gasteiger partial charge in [-0.15, -0.1) is 5.10 Å². The molecule has 2 heterocycles. The first-order chi connectivity index (χ1) is 16.0. The zero-order valence-corrected chi connectivity index (χ0v) is 18.4. The summed E-state index contributed by atoms with van der Waals surface area (Å²) in [6, 6.07) is 23.5. The van der Waals surface area contributed by atoms with Gasteiger partial charge in [-0.05, 0) is 42.7 Å². The molecule has 5 rings (SSSR count). The van der Waals surface area contributed by atoms with Crippen LogP contribution in [0.5, 0.6) is 0 Å². The molecule has 0 aliphatic rings. The number of amides is 1. The molecule has 0 atom stereocenters. The fourth-order valence-corrected chi connectivity index (χ4v) is 3.86. The predicted octanol–water partition coefficient (Wildman–Crippen LogP) is 3.64. The van der Waals surface area contributed by atoms with Crippen LogP contribution >= 0.6 is 0 Å². The number of benzene rings is 3. The van der Waals surface area contributed by atoms with E-state index in [1.165, 1.54) is 4.52 Å². The van der Waals surface area contributed by atoms with Crippen molar-refractivity contribution in [2.45, 2.75) is 26.9 Å². The monoisotopic (exact) mass is 437 g/mol. The molecule has 0 spiro atoms. The van der Waals surface area contributed by atoms with Crippen molar-refractivity contribution in [3.8, 4) is 0 Å². The summed E-state index contributed by atoms with van der Waals surface area (Å²) in [5.74, 6) is -0.453. The Kier molecular flexibility index (Phi) is 5.22. The minimum atomic E-state index is -0.424. The number of fused-ring (bicyclic) bond motifs is 3. The fourth-order valence-electron chi connectivity index (χ4n) is 3.86. The molecule has 7 heteroatoms. The van der Waals surface area contributed by atoms with Gasteiger partial charge in [0.1, 0.15) is 0 Å². The average molecular weight is 438 g/mol. The van der Waals surface area contributed by atoms with E-state index < -0.39 is 5.91 Å². The molecule has 1 amide bonds. The summed E-state index contributed by atoms with van der Waals surface area (Å²) in [5.41, 5.74) is 5.47. The third kappa shape index (κ3) is 4.01. The Labute approximate surface area is 190 Å². The van der Waals surface area contributed by atoms with Crippen LogP contribution in [0, 0.1) is 13.8 Å². The number of carbonyl (C=O) groups excluding carboxylic acids is 1. The second-order valence-electron chi connectivity index (χ2n) is 8.21. The molecule has 0 radical (unpaired) electrons. The number of nitrogens with one attached hydrogen (secondary N) is 1. The molecule has 33 heavy (non-hydrogen) atoms. The minimum absolute atomic E-state index is 0.0296. The second kappa shape index (κ2) is 8.35. The predicted molar refractivity (Wildman–Crippen MR) is 127 cm³/mol. The Hall–Kier alpha value is -4.26. The number of carbonyl (C=O) groups is 1. The van der Waals surface area contributed by atoms with Crippen LogP contribution in [-0.4, -0.2) is 25.1 Å². The zero-order valence-electron chi connectivity index (χ0n) is 18.4. The molecule has 0 unspecified atom stereocenters. The molecular weight excluding hydrogens is 414 g/mol. The fraction of sp³-hybridized carbons (Fsp3) is 0.154. The first kappa shape index (κ1) is 20.6. The summed E-state index contributed by atoms with van der Waals surface area (Å²) < 4.78 is 3.17. The highest BCUT2D eigenvalue weighted by molar-refractivity contribution is 5.91. The van der Waals surface area contributed by atoms with Gasteiger partial charge in [0.05, 0.1) is 17.6 Å². The third-order valence-corrected chi connectivity index (χ3v) is 5.65. The van der Waals surface area contributed by atoms with Crippen LogP contribution in [-0.2, 0) is 13.1 Å². The normalized spacial score (nSPS) is 11.2. The molecule has 3 aromatic carbocycles. The molecule has 7 nitrogen and oxygen atoms in total. The van der Waals surface area contributed by atoms with Gasteiger partial charge in [-0.3, -0.25) is 14.2 Å². The molecule has 5 aromatic rings. The van der Waals surface area contributed by atoms with E-state index in [0.29, 0.717) is 13.1 Å². The van der Waals surface area contributed by atoms with Crippen molar-refractivity contribution in [2.75, 3.05) is 0 Å². The summed E-state index contributed by atoms with van der Waals surface area (Å²) in [6.07, 6.45) is 0. The molecule has 0 saturated carbocycles. The highest BCUT2D eigenvalue weighted by Crippen LogP contribution is 2.17. The Morgan fingerprint density at radius 3 is 2.36 bits per heavy atom. The van der Waals surface area contributed by atoms with Gasteiger partial charge in [-0.25, -0.2) is 4.52 Å². The second-order valence-corrected chi connectivity index (χ2v) is 8.21. The quantitative estimate of drug-likeness (QED) is 0.455. The highest BCUT2D eigenvalue weighted by atomic mass is 16.2. The van der Waals surface area contributed by atoms with Crippen LogP contribution in [0.25, 0.3) is 16.7 Å². The maximum atomic E-state index is 13.4. The molecule has 0 fully saturated rings. The first-order valence-electron chi connectivity index (χ1n) is 10.8. The van der Waals surface area contributed by atoms with Gasteiger partial charge in [-0.2, -0.15) is 4.98 Å². The lowest BCUT2D eigenvalue weighted by molar-refractivity contribution is 0.0941. The van der Waals surface area contributed by atoms with E-state index in [1.807, 2.05) is 86.6 Å². The first-order valence-corrected chi connectivity index (χ1v) is 10.8. The Morgan fingerprint density at radius 1 is 0.879 bits per heavy atom. The number of aryl methyl sites for hydroxylation is 2. The maximum absolute atomic E-state index is 13.4.